The second-order valence-corrected chi connectivity index (χ2v) is 7.25. The van der Waals surface area contributed by atoms with Gasteiger partial charge >= 0.3 is 11.7 Å². The lowest BCUT2D eigenvalue weighted by Gasteiger charge is -2.41. The molecular weight excluding hydrogens is 356 g/mol. The predicted molar refractivity (Wildman–Crippen MR) is 94.6 cm³/mol. The van der Waals surface area contributed by atoms with Crippen molar-refractivity contribution in [3.05, 3.63) is 20.8 Å². The number of imidazole rings is 1. The summed E-state index contributed by atoms with van der Waals surface area (Å²) >= 11 is 0. The average Bonchev–Trinajstić information content (AvgIpc) is 3.12. The molecule has 0 unspecified atom stereocenters. The number of carboxylic acid groups (broad SMARTS) is 1. The van der Waals surface area contributed by atoms with E-state index in [-0.39, 0.29) is 12.3 Å². The summed E-state index contributed by atoms with van der Waals surface area (Å²) in [5, 5.41) is 12.3. The number of hydrogen-bond donors (Lipinski definition) is 3. The van der Waals surface area contributed by atoms with Crippen LogP contribution in [0, 0.1) is 5.92 Å². The molecule has 11 nitrogen and oxygen atoms in total. The normalized spacial score (nSPS) is 21.8. The maximum Gasteiger partial charge on any atom is 0.329 e. The number of rotatable bonds is 2. The second kappa shape index (κ2) is 5.69. The summed E-state index contributed by atoms with van der Waals surface area (Å²) in [7, 11) is 3.24. The summed E-state index contributed by atoms with van der Waals surface area (Å²) in [4.78, 5) is 56.0. The van der Waals surface area contributed by atoms with E-state index in [1.807, 2.05) is 4.90 Å². The summed E-state index contributed by atoms with van der Waals surface area (Å²) < 4.78 is 2.91. The van der Waals surface area contributed by atoms with Crippen molar-refractivity contribution in [1.29, 1.82) is 0 Å². The Balaban J connectivity index is 1.67. The molecule has 2 fully saturated rings. The molecule has 1 atom stereocenters. The molecule has 1 spiro atoms. The number of aromatic amines is 1. The first-order chi connectivity index (χ1) is 12.7. The number of carbonyl (C=O) groups is 2. The SMILES string of the molecule is Cn1c(N2CCC3(CC2)NC(=O)C[C@H]3C(=O)O)nc2c1c(=O)[nH]c(=O)n2C. The van der Waals surface area contributed by atoms with Crippen LogP contribution in [0.2, 0.25) is 0 Å². The molecule has 2 aliphatic rings. The van der Waals surface area contributed by atoms with Gasteiger partial charge in [-0.3, -0.25) is 23.9 Å². The summed E-state index contributed by atoms with van der Waals surface area (Å²) in [5.41, 5.74) is -1.19. The molecule has 144 valence electrons. The maximum atomic E-state index is 12.2. The third-order valence-electron chi connectivity index (χ3n) is 5.79. The van der Waals surface area contributed by atoms with E-state index in [0.29, 0.717) is 43.0 Å². The summed E-state index contributed by atoms with van der Waals surface area (Å²) in [6.45, 7) is 0.958. The van der Waals surface area contributed by atoms with Crippen molar-refractivity contribution in [3.8, 4) is 0 Å². The number of aliphatic carboxylic acids is 1. The van der Waals surface area contributed by atoms with E-state index >= 15 is 0 Å². The zero-order chi connectivity index (χ0) is 19.5. The molecule has 2 aliphatic heterocycles. The molecule has 0 radical (unpaired) electrons. The van der Waals surface area contributed by atoms with Crippen molar-refractivity contribution in [2.75, 3.05) is 18.0 Å². The summed E-state index contributed by atoms with van der Waals surface area (Å²) in [5.74, 6) is -1.41. The minimum atomic E-state index is -0.967. The van der Waals surface area contributed by atoms with Crippen LogP contribution in [0.5, 0.6) is 0 Å². The first kappa shape index (κ1) is 17.3. The lowest BCUT2D eigenvalue weighted by molar-refractivity contribution is -0.144. The number of aromatic nitrogens is 4. The van der Waals surface area contributed by atoms with E-state index in [4.69, 9.17) is 0 Å². The number of nitrogens with one attached hydrogen (secondary N) is 2. The van der Waals surface area contributed by atoms with Crippen LogP contribution in [0.1, 0.15) is 19.3 Å². The summed E-state index contributed by atoms with van der Waals surface area (Å²) in [6, 6.07) is 0. The number of nitrogens with zero attached hydrogens (tertiary/aromatic N) is 4. The van der Waals surface area contributed by atoms with E-state index < -0.39 is 28.7 Å². The smallest absolute Gasteiger partial charge is 0.329 e. The van der Waals surface area contributed by atoms with Crippen LogP contribution in [0.15, 0.2) is 9.59 Å². The molecule has 27 heavy (non-hydrogen) atoms. The van der Waals surface area contributed by atoms with Gasteiger partial charge in [0, 0.05) is 33.6 Å². The molecule has 2 aromatic heterocycles. The Bertz CT molecular complexity index is 1070. The van der Waals surface area contributed by atoms with Crippen molar-refractivity contribution in [2.45, 2.75) is 24.8 Å². The highest BCUT2D eigenvalue weighted by molar-refractivity contribution is 5.88. The van der Waals surface area contributed by atoms with Crippen LogP contribution in [0.3, 0.4) is 0 Å². The molecule has 0 saturated carbocycles. The van der Waals surface area contributed by atoms with E-state index in [1.54, 1.807) is 11.6 Å². The molecule has 4 heterocycles. The monoisotopic (exact) mass is 376 g/mol. The third kappa shape index (κ3) is 2.45. The third-order valence-corrected chi connectivity index (χ3v) is 5.79. The number of piperidine rings is 1. The maximum absolute atomic E-state index is 12.2. The zero-order valence-corrected chi connectivity index (χ0v) is 15.0. The van der Waals surface area contributed by atoms with E-state index in [0.717, 1.165) is 0 Å². The van der Waals surface area contributed by atoms with Crippen LogP contribution in [-0.2, 0) is 23.7 Å². The lowest BCUT2D eigenvalue weighted by atomic mass is 9.78. The molecule has 11 heteroatoms. The fourth-order valence-corrected chi connectivity index (χ4v) is 4.28. The quantitative estimate of drug-likeness (QED) is 0.580. The van der Waals surface area contributed by atoms with Gasteiger partial charge < -0.3 is 19.9 Å². The number of carboxylic acids is 1. The Morgan fingerprint density at radius 3 is 2.48 bits per heavy atom. The minimum absolute atomic E-state index is 0.000881. The van der Waals surface area contributed by atoms with E-state index in [1.165, 1.54) is 11.6 Å². The zero-order valence-electron chi connectivity index (χ0n) is 15.0. The molecule has 2 aromatic rings. The van der Waals surface area contributed by atoms with Gasteiger partial charge in [-0.1, -0.05) is 0 Å². The van der Waals surface area contributed by atoms with Gasteiger partial charge in [-0.25, -0.2) is 4.79 Å². The van der Waals surface area contributed by atoms with Gasteiger partial charge in [0.05, 0.1) is 11.5 Å². The predicted octanol–water partition coefficient (Wildman–Crippen LogP) is -1.48. The van der Waals surface area contributed by atoms with Crippen LogP contribution >= 0.6 is 0 Å². The Morgan fingerprint density at radius 2 is 1.85 bits per heavy atom. The number of anilines is 1. The van der Waals surface area contributed by atoms with Gasteiger partial charge in [-0.15, -0.1) is 0 Å². The number of carbonyl (C=O) groups excluding carboxylic acids is 1. The Hall–Kier alpha value is -3.11. The minimum Gasteiger partial charge on any atom is -0.481 e. The number of amides is 1. The van der Waals surface area contributed by atoms with Crippen molar-refractivity contribution >= 4 is 29.0 Å². The first-order valence-electron chi connectivity index (χ1n) is 8.68. The number of fused-ring (bicyclic) bond motifs is 1. The standard InChI is InChI=1S/C16H20N6O5/c1-20-10-11(21(2)15(27)18-12(10)24)17-14(20)22-5-3-16(4-6-22)8(13(25)26)7-9(23)19-16/h8H,3-7H2,1-2H3,(H,19,23)(H,25,26)(H,18,24,27)/t8-/m0/s1. The van der Waals surface area contributed by atoms with Crippen molar-refractivity contribution in [3.63, 3.8) is 0 Å². The molecule has 0 bridgehead atoms. The fraction of sp³-hybridized carbons (Fsp3) is 0.562. The Kier molecular flexibility index (Phi) is 3.65. The van der Waals surface area contributed by atoms with Crippen LogP contribution < -0.4 is 21.5 Å². The van der Waals surface area contributed by atoms with Crippen molar-refractivity contribution < 1.29 is 14.7 Å². The van der Waals surface area contributed by atoms with Gasteiger partial charge in [0.1, 0.15) is 0 Å². The second-order valence-electron chi connectivity index (χ2n) is 7.25. The number of H-pyrrole nitrogens is 1. The molecular formula is C16H20N6O5. The largest absolute Gasteiger partial charge is 0.481 e. The van der Waals surface area contributed by atoms with Gasteiger partial charge in [0.15, 0.2) is 11.2 Å². The Labute approximate surface area is 152 Å². The molecule has 4 rings (SSSR count). The van der Waals surface area contributed by atoms with Crippen LogP contribution in [-0.4, -0.2) is 54.7 Å². The van der Waals surface area contributed by atoms with Gasteiger partial charge in [-0.05, 0) is 12.8 Å². The number of aryl methyl sites for hydroxylation is 2. The lowest BCUT2D eigenvalue weighted by Crippen LogP contribution is -2.56. The first-order valence-corrected chi connectivity index (χ1v) is 8.68. The van der Waals surface area contributed by atoms with E-state index in [9.17, 15) is 24.3 Å². The van der Waals surface area contributed by atoms with Gasteiger partial charge in [0.2, 0.25) is 11.9 Å². The average molecular weight is 376 g/mol. The topological polar surface area (TPSA) is 142 Å². The fourth-order valence-electron chi connectivity index (χ4n) is 4.28. The van der Waals surface area contributed by atoms with Crippen molar-refractivity contribution in [2.24, 2.45) is 20.0 Å². The van der Waals surface area contributed by atoms with Gasteiger partial charge in [0.25, 0.3) is 5.56 Å². The van der Waals surface area contributed by atoms with E-state index in [2.05, 4.69) is 15.3 Å². The van der Waals surface area contributed by atoms with Gasteiger partial charge in [-0.2, -0.15) is 4.98 Å². The van der Waals surface area contributed by atoms with Crippen LogP contribution in [0.4, 0.5) is 5.95 Å². The highest BCUT2D eigenvalue weighted by Crippen LogP contribution is 2.38. The molecule has 1 amide bonds. The highest BCUT2D eigenvalue weighted by Gasteiger charge is 2.51. The Morgan fingerprint density at radius 1 is 1.19 bits per heavy atom. The number of hydrogen-bond acceptors (Lipinski definition) is 6. The van der Waals surface area contributed by atoms with Crippen molar-refractivity contribution in [1.82, 2.24) is 24.4 Å². The molecule has 2 saturated heterocycles. The highest BCUT2D eigenvalue weighted by atomic mass is 16.4. The molecule has 3 N–H and O–H groups in total. The molecule has 0 aliphatic carbocycles. The molecule has 0 aromatic carbocycles. The summed E-state index contributed by atoms with van der Waals surface area (Å²) in [6.07, 6.45) is 0.932. The van der Waals surface area contributed by atoms with Crippen LogP contribution in [0.25, 0.3) is 11.2 Å².